The largest absolute Gasteiger partial charge is 0.346 e. The van der Waals surface area contributed by atoms with Crippen molar-refractivity contribution in [2.75, 3.05) is 5.32 Å². The Hall–Kier alpha value is -3.45. The lowest BCUT2D eigenvalue weighted by molar-refractivity contribution is -0.0702. The highest BCUT2D eigenvalue weighted by Gasteiger charge is 2.53. The fourth-order valence-electron chi connectivity index (χ4n) is 4.42. The molecular formula is C22H20N6O. The zero-order valence-corrected chi connectivity index (χ0v) is 16.1. The molecule has 4 heterocycles. The van der Waals surface area contributed by atoms with Crippen molar-refractivity contribution >= 4 is 23.6 Å². The summed E-state index contributed by atoms with van der Waals surface area (Å²) < 4.78 is 6.44. The number of ether oxygens (including phenoxy) is 1. The van der Waals surface area contributed by atoms with Crippen LogP contribution >= 0.6 is 0 Å². The van der Waals surface area contributed by atoms with Gasteiger partial charge in [0.1, 0.15) is 6.10 Å². The van der Waals surface area contributed by atoms with Crippen molar-refractivity contribution in [3.63, 3.8) is 0 Å². The van der Waals surface area contributed by atoms with E-state index >= 15 is 0 Å². The molecule has 0 spiro atoms. The smallest absolute Gasteiger partial charge is 0.179 e. The van der Waals surface area contributed by atoms with Gasteiger partial charge in [-0.2, -0.15) is 10.2 Å². The number of rotatable bonds is 2. The first-order valence-electron chi connectivity index (χ1n) is 9.69. The van der Waals surface area contributed by atoms with Crippen molar-refractivity contribution in [3.05, 3.63) is 76.9 Å². The predicted octanol–water partition coefficient (Wildman–Crippen LogP) is 3.43. The Morgan fingerprint density at radius 3 is 2.86 bits per heavy atom. The van der Waals surface area contributed by atoms with Crippen LogP contribution in [0.3, 0.4) is 0 Å². The average molecular weight is 384 g/mol. The Labute approximate surface area is 168 Å². The molecule has 0 saturated heterocycles. The quantitative estimate of drug-likeness (QED) is 0.832. The van der Waals surface area contributed by atoms with Crippen molar-refractivity contribution in [1.29, 1.82) is 0 Å². The fourth-order valence-corrected chi connectivity index (χ4v) is 4.42. The van der Waals surface area contributed by atoms with Gasteiger partial charge in [0, 0.05) is 16.8 Å². The third kappa shape index (κ3) is 2.31. The summed E-state index contributed by atoms with van der Waals surface area (Å²) in [5.74, 6) is 0.769. The Morgan fingerprint density at radius 1 is 1.14 bits per heavy atom. The molecule has 0 saturated carbocycles. The maximum absolute atomic E-state index is 6.44. The summed E-state index contributed by atoms with van der Waals surface area (Å²) in [7, 11) is 0. The molecule has 29 heavy (non-hydrogen) atoms. The number of benzene rings is 2. The number of aliphatic imine (C=N–C) groups is 1. The van der Waals surface area contributed by atoms with E-state index in [4.69, 9.17) is 9.84 Å². The van der Waals surface area contributed by atoms with Crippen molar-refractivity contribution < 1.29 is 4.74 Å². The van der Waals surface area contributed by atoms with Gasteiger partial charge in [0.25, 0.3) is 0 Å². The zero-order chi connectivity index (χ0) is 19.6. The highest BCUT2D eigenvalue weighted by Crippen LogP contribution is 2.51. The van der Waals surface area contributed by atoms with E-state index in [0.29, 0.717) is 0 Å². The third-order valence-electron chi connectivity index (χ3n) is 5.81. The van der Waals surface area contributed by atoms with E-state index in [1.165, 1.54) is 5.56 Å². The second kappa shape index (κ2) is 5.78. The minimum Gasteiger partial charge on any atom is -0.346 e. The highest BCUT2D eigenvalue weighted by molar-refractivity contribution is 6.14. The first-order chi connectivity index (χ1) is 14.1. The first-order valence-corrected chi connectivity index (χ1v) is 9.69. The maximum atomic E-state index is 6.44. The van der Waals surface area contributed by atoms with Gasteiger partial charge in [-0.25, -0.2) is 10.0 Å². The number of anilines is 1. The van der Waals surface area contributed by atoms with Gasteiger partial charge in [-0.3, -0.25) is 5.43 Å². The lowest BCUT2D eigenvalue weighted by Crippen LogP contribution is -2.54. The molecule has 3 atom stereocenters. The molecule has 0 aliphatic carbocycles. The fraction of sp³-hybridized carbons (Fsp3) is 0.227. The first kappa shape index (κ1) is 16.5. The molecule has 2 unspecified atom stereocenters. The van der Waals surface area contributed by atoms with E-state index in [9.17, 15) is 0 Å². The second-order valence-corrected chi connectivity index (χ2v) is 7.83. The number of amidine groups is 1. The van der Waals surface area contributed by atoms with Gasteiger partial charge in [0.2, 0.25) is 0 Å². The molecule has 144 valence electrons. The van der Waals surface area contributed by atoms with E-state index < -0.39 is 5.66 Å². The SMILES string of the molecule is Cc1cc2c3c(c1)[C@@H](C1(C)NN=C4C=CC(c5ccccc5)=NN41)OC3N=CN2. The highest BCUT2D eigenvalue weighted by atomic mass is 16.5. The van der Waals surface area contributed by atoms with Crippen molar-refractivity contribution in [3.8, 4) is 0 Å². The number of fused-ring (bicyclic) bond motifs is 1. The molecule has 4 aliphatic rings. The summed E-state index contributed by atoms with van der Waals surface area (Å²) >= 11 is 0. The number of hydrogen-bond acceptors (Lipinski definition) is 7. The van der Waals surface area contributed by atoms with Crippen LogP contribution in [0.1, 0.15) is 41.5 Å². The van der Waals surface area contributed by atoms with E-state index in [0.717, 1.165) is 33.9 Å². The molecule has 2 aromatic rings. The molecule has 4 aliphatic heterocycles. The van der Waals surface area contributed by atoms with Crippen LogP contribution in [-0.2, 0) is 4.74 Å². The topological polar surface area (TPSA) is 73.6 Å². The Balaban J connectivity index is 1.44. The van der Waals surface area contributed by atoms with Crippen LogP contribution < -0.4 is 10.7 Å². The molecule has 2 aromatic carbocycles. The van der Waals surface area contributed by atoms with Gasteiger partial charge >= 0.3 is 0 Å². The van der Waals surface area contributed by atoms with Crippen molar-refractivity contribution in [1.82, 2.24) is 10.4 Å². The molecule has 0 radical (unpaired) electrons. The zero-order valence-electron chi connectivity index (χ0n) is 16.1. The molecule has 0 fully saturated rings. The number of hydrazone groups is 2. The summed E-state index contributed by atoms with van der Waals surface area (Å²) in [6.45, 7) is 4.17. The predicted molar refractivity (Wildman–Crippen MR) is 113 cm³/mol. The van der Waals surface area contributed by atoms with Gasteiger partial charge in [0.15, 0.2) is 17.7 Å². The Kier molecular flexibility index (Phi) is 3.29. The van der Waals surface area contributed by atoms with Crippen LogP contribution in [-0.4, -0.2) is 28.6 Å². The average Bonchev–Trinajstić information content (AvgIpc) is 3.29. The second-order valence-electron chi connectivity index (χ2n) is 7.83. The van der Waals surface area contributed by atoms with Crippen LogP contribution in [0.2, 0.25) is 0 Å². The monoisotopic (exact) mass is 384 g/mol. The van der Waals surface area contributed by atoms with Crippen LogP contribution in [0, 0.1) is 6.92 Å². The molecule has 2 N–H and O–H groups in total. The van der Waals surface area contributed by atoms with Gasteiger partial charge in [-0.05, 0) is 43.2 Å². The normalized spacial score (nSPS) is 28.3. The van der Waals surface area contributed by atoms with Crippen LogP contribution in [0.5, 0.6) is 0 Å². The number of allylic oxidation sites excluding steroid dienone is 1. The molecule has 7 nitrogen and oxygen atoms in total. The summed E-state index contributed by atoms with van der Waals surface area (Å²) in [6.07, 6.45) is 5.09. The maximum Gasteiger partial charge on any atom is 0.179 e. The van der Waals surface area contributed by atoms with Crippen molar-refractivity contribution in [2.45, 2.75) is 31.8 Å². The molecule has 0 amide bonds. The molecule has 0 aromatic heterocycles. The van der Waals surface area contributed by atoms with Gasteiger partial charge in [-0.15, -0.1) is 0 Å². The number of hydrogen-bond donors (Lipinski definition) is 2. The molecule has 7 heteroatoms. The van der Waals surface area contributed by atoms with Crippen LogP contribution in [0.15, 0.2) is 69.8 Å². The minimum absolute atomic E-state index is 0.285. The Morgan fingerprint density at radius 2 is 2.00 bits per heavy atom. The number of nitrogens with one attached hydrogen (secondary N) is 2. The van der Waals surface area contributed by atoms with Gasteiger partial charge in [-0.1, -0.05) is 36.4 Å². The van der Waals surface area contributed by atoms with E-state index in [-0.39, 0.29) is 12.3 Å². The molecular weight excluding hydrogens is 364 g/mol. The van der Waals surface area contributed by atoms with E-state index in [1.54, 1.807) is 6.34 Å². The van der Waals surface area contributed by atoms with Gasteiger partial charge < -0.3 is 10.1 Å². The lowest BCUT2D eigenvalue weighted by atomic mass is 9.92. The number of nitrogens with zero attached hydrogens (tertiary/aromatic N) is 4. The summed E-state index contributed by atoms with van der Waals surface area (Å²) in [4.78, 5) is 4.50. The van der Waals surface area contributed by atoms with Crippen molar-refractivity contribution in [2.24, 2.45) is 15.2 Å². The summed E-state index contributed by atoms with van der Waals surface area (Å²) in [5.41, 5.74) is 9.01. The summed E-state index contributed by atoms with van der Waals surface area (Å²) in [5, 5.41) is 14.6. The van der Waals surface area contributed by atoms with E-state index in [1.807, 2.05) is 35.4 Å². The minimum atomic E-state index is -0.672. The number of aryl methyl sites for hydroxylation is 1. The molecule has 6 rings (SSSR count). The standard InChI is InChI=1S/C22H20N6O/c1-13-10-15-19-17(11-13)23-12-24-21(19)29-20(15)22(2)27-25-18-9-8-16(26-28(18)22)14-6-4-3-5-7-14/h3-12,20-21,27H,1-2H3,(H,23,24)/t20-,21?,22?/m0/s1. The van der Waals surface area contributed by atoms with Crippen LogP contribution in [0.25, 0.3) is 0 Å². The van der Waals surface area contributed by atoms with Gasteiger partial charge in [0.05, 0.1) is 12.1 Å². The molecule has 0 bridgehead atoms. The van der Waals surface area contributed by atoms with Crippen LogP contribution in [0.4, 0.5) is 5.69 Å². The van der Waals surface area contributed by atoms with E-state index in [2.05, 4.69) is 58.9 Å². The Bertz CT molecular complexity index is 1140. The lowest BCUT2D eigenvalue weighted by Gasteiger charge is -2.38. The third-order valence-corrected chi connectivity index (χ3v) is 5.81. The summed E-state index contributed by atoms with van der Waals surface area (Å²) in [6, 6.07) is 14.5.